The number of furan rings is 2. The van der Waals surface area contributed by atoms with Crippen LogP contribution >= 0.6 is 11.3 Å². The lowest BCUT2D eigenvalue weighted by Crippen LogP contribution is -2.01. The molecule has 0 N–H and O–H groups in total. The number of benzene rings is 7. The highest BCUT2D eigenvalue weighted by Gasteiger charge is 2.22. The summed E-state index contributed by atoms with van der Waals surface area (Å²) < 4.78 is 15.6. The molecule has 0 radical (unpaired) electrons. The number of fused-ring (bicyclic) bond motifs is 9. The van der Waals surface area contributed by atoms with Crippen LogP contribution in [0.4, 0.5) is 0 Å². The van der Waals surface area contributed by atoms with E-state index in [4.69, 9.17) is 23.8 Å². The molecule has 0 aliphatic rings. The van der Waals surface area contributed by atoms with Crippen LogP contribution < -0.4 is 0 Å². The number of thiophene rings is 1. The van der Waals surface area contributed by atoms with E-state index in [0.717, 1.165) is 82.8 Å². The fraction of sp³-hybridized carbons (Fsp3) is 0. The second kappa shape index (κ2) is 12.5. The van der Waals surface area contributed by atoms with Crippen molar-refractivity contribution in [1.82, 2.24) is 19.9 Å². The Labute approximate surface area is 329 Å². The van der Waals surface area contributed by atoms with E-state index in [1.54, 1.807) is 6.20 Å². The average molecular weight is 749 g/mol. The van der Waals surface area contributed by atoms with Gasteiger partial charge >= 0.3 is 0 Å². The highest BCUT2D eigenvalue weighted by atomic mass is 32.1. The molecular weight excluding hydrogens is 721 g/mol. The quantitative estimate of drug-likeness (QED) is 0.174. The van der Waals surface area contributed by atoms with Crippen molar-refractivity contribution in [3.05, 3.63) is 170 Å². The molecule has 12 aromatic rings. The van der Waals surface area contributed by atoms with Gasteiger partial charge in [-0.3, -0.25) is 4.98 Å². The molecule has 7 heteroatoms. The summed E-state index contributed by atoms with van der Waals surface area (Å²) in [5.74, 6) is 1.58. The van der Waals surface area contributed by atoms with Gasteiger partial charge in [-0.2, -0.15) is 0 Å². The summed E-state index contributed by atoms with van der Waals surface area (Å²) in [6, 6.07) is 54.3. The SMILES string of the molecule is c1cncc(-c2ccccc2-c2nc(-c3ccc4c(c3)oc3ccccc34)nc(-c3ccc(-c4ccc5c(c4)sc4ccccc45)c4c3oc3ccccc34)n2)c1. The minimum Gasteiger partial charge on any atom is -0.456 e. The van der Waals surface area contributed by atoms with Crippen LogP contribution in [0.3, 0.4) is 0 Å². The van der Waals surface area contributed by atoms with Crippen LogP contribution in [-0.4, -0.2) is 19.9 Å². The van der Waals surface area contributed by atoms with Gasteiger partial charge in [0.1, 0.15) is 22.3 Å². The van der Waals surface area contributed by atoms with E-state index >= 15 is 0 Å². The fourth-order valence-electron chi connectivity index (χ4n) is 8.20. The van der Waals surface area contributed by atoms with Gasteiger partial charge in [0.2, 0.25) is 0 Å². The molecule has 12 rings (SSSR count). The van der Waals surface area contributed by atoms with E-state index < -0.39 is 0 Å². The van der Waals surface area contributed by atoms with E-state index in [1.165, 1.54) is 20.2 Å². The van der Waals surface area contributed by atoms with Crippen molar-refractivity contribution in [2.45, 2.75) is 0 Å². The van der Waals surface area contributed by atoms with Gasteiger partial charge in [0.25, 0.3) is 0 Å². The van der Waals surface area contributed by atoms with Crippen molar-refractivity contribution in [2.75, 3.05) is 0 Å². The van der Waals surface area contributed by atoms with Gasteiger partial charge in [0, 0.05) is 70.8 Å². The summed E-state index contributed by atoms with van der Waals surface area (Å²) in [5, 5.41) is 6.71. The van der Waals surface area contributed by atoms with E-state index in [-0.39, 0.29) is 0 Å². The zero-order valence-corrected chi connectivity index (χ0v) is 31.0. The van der Waals surface area contributed by atoms with Gasteiger partial charge < -0.3 is 8.83 Å². The van der Waals surface area contributed by atoms with Crippen molar-refractivity contribution < 1.29 is 8.83 Å². The third-order valence-corrected chi connectivity index (χ3v) is 12.0. The normalized spacial score (nSPS) is 11.9. The smallest absolute Gasteiger partial charge is 0.167 e. The number of aromatic nitrogens is 4. The Hall–Kier alpha value is -7.48. The van der Waals surface area contributed by atoms with Crippen molar-refractivity contribution in [1.29, 1.82) is 0 Å². The second-order valence-electron chi connectivity index (χ2n) is 14.2. The Morgan fingerprint density at radius 3 is 1.89 bits per heavy atom. The van der Waals surface area contributed by atoms with Crippen molar-refractivity contribution in [3.63, 3.8) is 0 Å². The second-order valence-corrected chi connectivity index (χ2v) is 15.3. The Morgan fingerprint density at radius 2 is 1.04 bits per heavy atom. The predicted molar refractivity (Wildman–Crippen MR) is 232 cm³/mol. The lowest BCUT2D eigenvalue weighted by molar-refractivity contribution is 0.668. The molecule has 0 saturated carbocycles. The van der Waals surface area contributed by atoms with Crippen molar-refractivity contribution in [2.24, 2.45) is 0 Å². The van der Waals surface area contributed by atoms with Gasteiger partial charge in [0.15, 0.2) is 17.5 Å². The minimum absolute atomic E-state index is 0.510. The first kappa shape index (κ1) is 31.8. The molecule has 57 heavy (non-hydrogen) atoms. The summed E-state index contributed by atoms with van der Waals surface area (Å²) in [5.41, 5.74) is 9.76. The Bertz CT molecular complexity index is 3550. The van der Waals surface area contributed by atoms with Crippen LogP contribution in [0.1, 0.15) is 0 Å². The van der Waals surface area contributed by atoms with Crippen LogP contribution in [0.5, 0.6) is 0 Å². The first-order valence-corrected chi connectivity index (χ1v) is 19.6. The molecule has 5 heterocycles. The van der Waals surface area contributed by atoms with E-state index in [9.17, 15) is 0 Å². The predicted octanol–water partition coefficient (Wildman–Crippen LogP) is 13.8. The molecule has 0 spiro atoms. The van der Waals surface area contributed by atoms with E-state index in [1.807, 2.05) is 72.1 Å². The lowest BCUT2D eigenvalue weighted by atomic mass is 9.96. The summed E-state index contributed by atoms with van der Waals surface area (Å²) in [7, 11) is 0. The summed E-state index contributed by atoms with van der Waals surface area (Å²) in [4.78, 5) is 20.0. The maximum absolute atomic E-state index is 6.79. The third-order valence-electron chi connectivity index (χ3n) is 10.9. The van der Waals surface area contributed by atoms with Gasteiger partial charge in [-0.1, -0.05) is 109 Å². The fourth-order valence-corrected chi connectivity index (χ4v) is 9.35. The zero-order valence-electron chi connectivity index (χ0n) is 30.2. The molecule has 266 valence electrons. The number of hydrogen-bond acceptors (Lipinski definition) is 7. The van der Waals surface area contributed by atoms with E-state index in [2.05, 4.69) is 108 Å². The molecule has 5 aromatic heterocycles. The number of hydrogen-bond donors (Lipinski definition) is 0. The topological polar surface area (TPSA) is 77.8 Å². The summed E-state index contributed by atoms with van der Waals surface area (Å²) in [6.07, 6.45) is 3.65. The van der Waals surface area contributed by atoms with Gasteiger partial charge in [0.05, 0.1) is 5.56 Å². The summed E-state index contributed by atoms with van der Waals surface area (Å²) >= 11 is 1.82. The number of para-hydroxylation sites is 2. The van der Waals surface area contributed by atoms with Crippen molar-refractivity contribution >= 4 is 75.4 Å². The number of pyridine rings is 1. The lowest BCUT2D eigenvalue weighted by Gasteiger charge is -2.13. The highest BCUT2D eigenvalue weighted by Crippen LogP contribution is 2.44. The third kappa shape index (κ3) is 5.10. The monoisotopic (exact) mass is 748 g/mol. The minimum atomic E-state index is 0.510. The molecule has 0 amide bonds. The molecule has 0 fully saturated rings. The van der Waals surface area contributed by atoms with Crippen molar-refractivity contribution in [3.8, 4) is 56.4 Å². The maximum Gasteiger partial charge on any atom is 0.167 e. The maximum atomic E-state index is 6.79. The van der Waals surface area contributed by atoms with Gasteiger partial charge in [-0.15, -0.1) is 11.3 Å². The number of rotatable bonds is 5. The Balaban J connectivity index is 1.10. The molecule has 7 aromatic carbocycles. The van der Waals surface area contributed by atoms with Crippen LogP contribution in [-0.2, 0) is 0 Å². The van der Waals surface area contributed by atoms with Crippen LogP contribution in [0.15, 0.2) is 179 Å². The molecule has 0 saturated heterocycles. The average Bonchev–Trinajstić information content (AvgIpc) is 3.97. The molecule has 6 nitrogen and oxygen atoms in total. The first-order chi connectivity index (χ1) is 28.2. The molecule has 0 aliphatic carbocycles. The zero-order chi connectivity index (χ0) is 37.5. The van der Waals surface area contributed by atoms with Gasteiger partial charge in [-0.25, -0.2) is 15.0 Å². The van der Waals surface area contributed by atoms with Crippen LogP contribution in [0.25, 0.3) is 120 Å². The van der Waals surface area contributed by atoms with E-state index in [0.29, 0.717) is 17.5 Å². The molecular formula is C50H28N4O2S. The molecule has 0 unspecified atom stereocenters. The Kier molecular flexibility index (Phi) is 7.00. The molecule has 0 bridgehead atoms. The van der Waals surface area contributed by atoms with Gasteiger partial charge in [-0.05, 0) is 65.2 Å². The number of nitrogens with zero attached hydrogens (tertiary/aromatic N) is 4. The standard InChI is InChI=1S/C50H28N4O2S/c1-2-14-38(32(11-1)31-10-9-25-51-28-31)49-52-48(30-20-21-35-34-12-3-6-16-41(34)55-43(35)26-30)53-50(54-49)40-24-23-33(46-39-15-4-7-17-42(39)56-47(40)46)29-19-22-37-36-13-5-8-18-44(36)57-45(37)27-29/h1-28H. The highest BCUT2D eigenvalue weighted by molar-refractivity contribution is 7.25. The first-order valence-electron chi connectivity index (χ1n) is 18.8. The molecule has 0 aliphatic heterocycles. The van der Waals surface area contributed by atoms with Crippen LogP contribution in [0.2, 0.25) is 0 Å². The molecule has 0 atom stereocenters. The van der Waals surface area contributed by atoms with Crippen LogP contribution in [0, 0.1) is 0 Å². The summed E-state index contributed by atoms with van der Waals surface area (Å²) in [6.45, 7) is 0. The Morgan fingerprint density at radius 1 is 0.386 bits per heavy atom. The largest absolute Gasteiger partial charge is 0.456 e.